The van der Waals surface area contributed by atoms with E-state index in [4.69, 9.17) is 18.9 Å². The van der Waals surface area contributed by atoms with Crippen LogP contribution in [0.15, 0.2) is 48.0 Å². The highest BCUT2D eigenvalue weighted by molar-refractivity contribution is 6.46. The van der Waals surface area contributed by atoms with Gasteiger partial charge in [-0.25, -0.2) is 0 Å². The molecule has 0 spiro atoms. The lowest BCUT2D eigenvalue weighted by molar-refractivity contribution is -0.140. The number of carbonyl (C=O) groups is 2. The first-order valence-corrected chi connectivity index (χ1v) is 12.6. The third kappa shape index (κ3) is 5.73. The first-order valence-electron chi connectivity index (χ1n) is 12.6. The molecule has 0 bridgehead atoms. The number of aliphatic hydroxyl groups excluding tert-OH is 1. The minimum absolute atomic E-state index is 0.0341. The molecular weight excluding hydrogens is 476 g/mol. The summed E-state index contributed by atoms with van der Waals surface area (Å²) in [5, 5.41) is 11.4. The predicted octanol–water partition coefficient (Wildman–Crippen LogP) is 3.25. The van der Waals surface area contributed by atoms with Crippen LogP contribution in [-0.2, 0) is 14.3 Å². The van der Waals surface area contributed by atoms with Crippen LogP contribution in [0, 0.1) is 0 Å². The predicted molar refractivity (Wildman–Crippen MR) is 138 cm³/mol. The molecular formula is C28H34N2O7. The maximum Gasteiger partial charge on any atom is 0.295 e. The standard InChI is InChI=1S/C28H34N2O7/c1-4-36-21-8-6-7-20(17-21)26(31)24-25(19-9-10-22(37-5-2)23(18-19)34-3)30(28(33)27(24)32)12-11-29-13-15-35-16-14-29/h6-10,17-18,25,31H,4-5,11-16H2,1-3H3. The molecule has 2 aromatic carbocycles. The molecule has 4 rings (SSSR count). The Kier molecular flexibility index (Phi) is 8.68. The number of benzene rings is 2. The number of morpholine rings is 1. The molecule has 0 aromatic heterocycles. The van der Waals surface area contributed by atoms with Gasteiger partial charge >= 0.3 is 0 Å². The van der Waals surface area contributed by atoms with E-state index in [1.54, 1.807) is 42.5 Å². The van der Waals surface area contributed by atoms with Crippen molar-refractivity contribution >= 4 is 17.4 Å². The first-order chi connectivity index (χ1) is 18.0. The van der Waals surface area contributed by atoms with Gasteiger partial charge in [0.15, 0.2) is 11.5 Å². The van der Waals surface area contributed by atoms with E-state index in [1.807, 2.05) is 13.8 Å². The topological polar surface area (TPSA) is 97.8 Å². The number of Topliss-reactive ketones (excluding diaryl/α,β-unsaturated/α-hetero) is 1. The largest absolute Gasteiger partial charge is 0.507 e. The van der Waals surface area contributed by atoms with Crippen molar-refractivity contribution in [2.45, 2.75) is 19.9 Å². The molecule has 37 heavy (non-hydrogen) atoms. The molecule has 2 fully saturated rings. The number of hydrogen-bond donors (Lipinski definition) is 1. The maximum atomic E-state index is 13.4. The number of ketones is 1. The van der Waals surface area contributed by atoms with Gasteiger partial charge in [0.2, 0.25) is 0 Å². The molecule has 198 valence electrons. The quantitative estimate of drug-likeness (QED) is 0.296. The number of likely N-dealkylation sites (tertiary alicyclic amines) is 1. The van der Waals surface area contributed by atoms with Crippen LogP contribution in [0.3, 0.4) is 0 Å². The monoisotopic (exact) mass is 510 g/mol. The van der Waals surface area contributed by atoms with E-state index < -0.39 is 17.7 Å². The van der Waals surface area contributed by atoms with E-state index in [9.17, 15) is 14.7 Å². The van der Waals surface area contributed by atoms with E-state index in [0.717, 1.165) is 13.1 Å². The van der Waals surface area contributed by atoms with Crippen LogP contribution in [0.2, 0.25) is 0 Å². The van der Waals surface area contributed by atoms with Crippen LogP contribution in [0.1, 0.15) is 31.0 Å². The SMILES string of the molecule is CCOc1cccc(C(O)=C2C(=O)C(=O)N(CCN3CCOCC3)C2c2ccc(OCC)c(OC)c2)c1. The van der Waals surface area contributed by atoms with Crippen molar-refractivity contribution < 1.29 is 33.6 Å². The molecule has 2 aromatic rings. The fraction of sp³-hybridized carbons (Fsp3) is 0.429. The Morgan fingerprint density at radius 2 is 1.76 bits per heavy atom. The minimum Gasteiger partial charge on any atom is -0.507 e. The molecule has 1 amide bonds. The summed E-state index contributed by atoms with van der Waals surface area (Å²) in [7, 11) is 1.54. The number of amides is 1. The van der Waals surface area contributed by atoms with E-state index in [1.165, 1.54) is 12.0 Å². The fourth-order valence-electron chi connectivity index (χ4n) is 4.72. The summed E-state index contributed by atoms with van der Waals surface area (Å²) in [5.74, 6) is -0.00771. The Balaban J connectivity index is 1.78. The molecule has 1 N–H and O–H groups in total. The van der Waals surface area contributed by atoms with E-state index in [-0.39, 0.29) is 11.3 Å². The van der Waals surface area contributed by atoms with Gasteiger partial charge in [-0.05, 0) is 43.7 Å². The smallest absolute Gasteiger partial charge is 0.295 e. The van der Waals surface area contributed by atoms with Crippen molar-refractivity contribution in [1.29, 1.82) is 0 Å². The number of ether oxygens (including phenoxy) is 4. The van der Waals surface area contributed by atoms with Gasteiger partial charge in [0.05, 0.1) is 45.2 Å². The fourth-order valence-corrected chi connectivity index (χ4v) is 4.72. The Morgan fingerprint density at radius 1 is 1.00 bits per heavy atom. The molecule has 2 aliphatic heterocycles. The normalized spacial score (nSPS) is 19.8. The molecule has 2 saturated heterocycles. The Bertz CT molecular complexity index is 1160. The Labute approximate surface area is 217 Å². The second kappa shape index (κ2) is 12.1. The van der Waals surface area contributed by atoms with Gasteiger partial charge in [0, 0.05) is 31.7 Å². The van der Waals surface area contributed by atoms with Gasteiger partial charge in [-0.2, -0.15) is 0 Å². The third-order valence-corrected chi connectivity index (χ3v) is 6.52. The van der Waals surface area contributed by atoms with E-state index in [2.05, 4.69) is 4.90 Å². The van der Waals surface area contributed by atoms with Crippen LogP contribution >= 0.6 is 0 Å². The number of methoxy groups -OCH3 is 1. The summed E-state index contributed by atoms with van der Waals surface area (Å²) < 4.78 is 22.2. The summed E-state index contributed by atoms with van der Waals surface area (Å²) in [4.78, 5) is 30.4. The molecule has 2 heterocycles. The van der Waals surface area contributed by atoms with Crippen LogP contribution in [0.4, 0.5) is 0 Å². The molecule has 0 radical (unpaired) electrons. The average molecular weight is 511 g/mol. The summed E-state index contributed by atoms with van der Waals surface area (Å²) in [6.07, 6.45) is 0. The van der Waals surface area contributed by atoms with Gasteiger partial charge in [0.1, 0.15) is 11.5 Å². The second-order valence-corrected chi connectivity index (χ2v) is 8.75. The Morgan fingerprint density at radius 3 is 2.46 bits per heavy atom. The second-order valence-electron chi connectivity index (χ2n) is 8.75. The van der Waals surface area contributed by atoms with Crippen molar-refractivity contribution in [2.75, 3.05) is 59.7 Å². The molecule has 9 heteroatoms. The lowest BCUT2D eigenvalue weighted by atomic mass is 9.95. The van der Waals surface area contributed by atoms with Gasteiger partial charge in [-0.15, -0.1) is 0 Å². The van der Waals surface area contributed by atoms with Crippen molar-refractivity contribution in [3.05, 3.63) is 59.2 Å². The van der Waals surface area contributed by atoms with Crippen LogP contribution < -0.4 is 14.2 Å². The number of aliphatic hydroxyl groups is 1. The number of carbonyl (C=O) groups excluding carboxylic acids is 2. The van der Waals surface area contributed by atoms with Crippen LogP contribution in [0.5, 0.6) is 17.2 Å². The zero-order valence-electron chi connectivity index (χ0n) is 21.6. The summed E-state index contributed by atoms with van der Waals surface area (Å²) >= 11 is 0. The van der Waals surface area contributed by atoms with Gasteiger partial charge in [0.25, 0.3) is 11.7 Å². The highest BCUT2D eigenvalue weighted by Crippen LogP contribution is 2.42. The molecule has 9 nitrogen and oxygen atoms in total. The highest BCUT2D eigenvalue weighted by Gasteiger charge is 2.46. The first kappa shape index (κ1) is 26.5. The number of rotatable bonds is 10. The summed E-state index contributed by atoms with van der Waals surface area (Å²) in [6, 6.07) is 11.4. The van der Waals surface area contributed by atoms with E-state index in [0.29, 0.717) is 67.9 Å². The maximum absolute atomic E-state index is 13.4. The minimum atomic E-state index is -0.790. The average Bonchev–Trinajstić information content (AvgIpc) is 3.17. The van der Waals surface area contributed by atoms with Crippen molar-refractivity contribution in [2.24, 2.45) is 0 Å². The molecule has 1 unspecified atom stereocenters. The molecule has 0 saturated carbocycles. The summed E-state index contributed by atoms with van der Waals surface area (Å²) in [5.41, 5.74) is 1.08. The van der Waals surface area contributed by atoms with Crippen LogP contribution in [-0.4, -0.2) is 86.3 Å². The zero-order valence-corrected chi connectivity index (χ0v) is 21.6. The van der Waals surface area contributed by atoms with Crippen molar-refractivity contribution in [3.63, 3.8) is 0 Å². The van der Waals surface area contributed by atoms with E-state index >= 15 is 0 Å². The van der Waals surface area contributed by atoms with Crippen molar-refractivity contribution in [3.8, 4) is 17.2 Å². The van der Waals surface area contributed by atoms with Gasteiger partial charge in [-0.1, -0.05) is 18.2 Å². The van der Waals surface area contributed by atoms with Crippen LogP contribution in [0.25, 0.3) is 5.76 Å². The lowest BCUT2D eigenvalue weighted by Gasteiger charge is -2.31. The zero-order chi connectivity index (χ0) is 26.4. The molecule has 0 aliphatic carbocycles. The lowest BCUT2D eigenvalue weighted by Crippen LogP contribution is -2.42. The highest BCUT2D eigenvalue weighted by atomic mass is 16.5. The third-order valence-electron chi connectivity index (χ3n) is 6.52. The molecule has 2 aliphatic rings. The number of nitrogens with zero attached hydrogens (tertiary/aromatic N) is 2. The summed E-state index contributed by atoms with van der Waals surface area (Å²) in [6.45, 7) is 8.36. The number of hydrogen-bond acceptors (Lipinski definition) is 8. The van der Waals surface area contributed by atoms with Gasteiger partial charge < -0.3 is 29.0 Å². The van der Waals surface area contributed by atoms with Crippen molar-refractivity contribution in [1.82, 2.24) is 9.80 Å². The van der Waals surface area contributed by atoms with Gasteiger partial charge in [-0.3, -0.25) is 14.5 Å². The Hall–Kier alpha value is -3.56. The molecule has 1 atom stereocenters.